The Balaban J connectivity index is 1.32. The molecule has 1 amide bonds. The summed E-state index contributed by atoms with van der Waals surface area (Å²) in [7, 11) is 0. The molecular weight excluding hydrogens is 376 g/mol. The highest BCUT2D eigenvalue weighted by atomic mass is 16.5. The van der Waals surface area contributed by atoms with Crippen molar-refractivity contribution in [2.45, 2.75) is 57.7 Å². The number of aromatic nitrogens is 3. The van der Waals surface area contributed by atoms with Crippen LogP contribution in [0.25, 0.3) is 10.9 Å². The number of H-pyrrole nitrogens is 1. The Kier molecular flexibility index (Phi) is 4.07. The van der Waals surface area contributed by atoms with Gasteiger partial charge >= 0.3 is 0 Å². The minimum Gasteiger partial charge on any atom is -0.380 e. The van der Waals surface area contributed by atoms with Crippen LogP contribution in [0.4, 0.5) is 0 Å². The molecule has 1 aromatic carbocycles. The van der Waals surface area contributed by atoms with Crippen molar-refractivity contribution in [1.82, 2.24) is 19.7 Å². The minimum absolute atomic E-state index is 0.191. The van der Waals surface area contributed by atoms with E-state index in [2.05, 4.69) is 44.9 Å². The molecule has 6 heteroatoms. The number of amides is 1. The van der Waals surface area contributed by atoms with Crippen molar-refractivity contribution >= 4 is 16.8 Å². The van der Waals surface area contributed by atoms with Gasteiger partial charge in [-0.1, -0.05) is 13.0 Å². The van der Waals surface area contributed by atoms with Crippen molar-refractivity contribution in [3.63, 3.8) is 0 Å². The molecule has 3 aliphatic rings. The quantitative estimate of drug-likeness (QED) is 0.707. The van der Waals surface area contributed by atoms with E-state index in [9.17, 15) is 4.79 Å². The summed E-state index contributed by atoms with van der Waals surface area (Å²) >= 11 is 0. The number of aryl methyl sites for hydroxylation is 1. The van der Waals surface area contributed by atoms with Crippen LogP contribution in [0.2, 0.25) is 0 Å². The molecule has 0 spiro atoms. The smallest absolute Gasteiger partial charge is 0.255 e. The van der Waals surface area contributed by atoms with E-state index in [1.807, 2.05) is 18.3 Å². The third kappa shape index (κ3) is 2.97. The monoisotopic (exact) mass is 404 g/mol. The van der Waals surface area contributed by atoms with E-state index in [0.717, 1.165) is 68.3 Å². The predicted molar refractivity (Wildman–Crippen MR) is 114 cm³/mol. The summed E-state index contributed by atoms with van der Waals surface area (Å²) in [5, 5.41) is 8.38. The average molecular weight is 405 g/mol. The summed E-state index contributed by atoms with van der Waals surface area (Å²) in [5.41, 5.74) is 4.68. The third-order valence-electron chi connectivity index (χ3n) is 7.06. The molecule has 1 aliphatic heterocycles. The molecule has 1 unspecified atom stereocenters. The molecule has 156 valence electrons. The molecule has 3 aromatic rings. The first-order chi connectivity index (χ1) is 14.6. The van der Waals surface area contributed by atoms with Gasteiger partial charge in [0.15, 0.2) is 0 Å². The van der Waals surface area contributed by atoms with E-state index in [0.29, 0.717) is 6.04 Å². The van der Waals surface area contributed by atoms with Crippen molar-refractivity contribution in [2.75, 3.05) is 13.2 Å². The molecule has 30 heavy (non-hydrogen) atoms. The maximum absolute atomic E-state index is 13.8. The van der Waals surface area contributed by atoms with E-state index in [4.69, 9.17) is 4.74 Å². The molecule has 1 saturated carbocycles. The van der Waals surface area contributed by atoms with Gasteiger partial charge in [0.05, 0.1) is 19.4 Å². The van der Waals surface area contributed by atoms with Gasteiger partial charge in [-0.2, -0.15) is 5.10 Å². The van der Waals surface area contributed by atoms with Crippen LogP contribution in [0.5, 0.6) is 0 Å². The Labute approximate surface area is 176 Å². The average Bonchev–Trinajstić information content (AvgIpc) is 3.30. The number of carbonyl (C=O) groups is 1. The number of rotatable bonds is 5. The van der Waals surface area contributed by atoms with Gasteiger partial charge in [0, 0.05) is 52.4 Å². The molecule has 6 rings (SSSR count). The van der Waals surface area contributed by atoms with Crippen molar-refractivity contribution < 1.29 is 9.53 Å². The first-order valence-electron chi connectivity index (χ1n) is 11.1. The molecule has 2 aromatic heterocycles. The maximum atomic E-state index is 13.8. The van der Waals surface area contributed by atoms with Crippen LogP contribution in [0.3, 0.4) is 0 Å². The number of nitrogens with one attached hydrogen (secondary N) is 1. The van der Waals surface area contributed by atoms with E-state index in [-0.39, 0.29) is 17.4 Å². The fourth-order valence-corrected chi connectivity index (χ4v) is 5.26. The highest BCUT2D eigenvalue weighted by molar-refractivity contribution is 6.07. The van der Waals surface area contributed by atoms with E-state index in [1.54, 1.807) is 0 Å². The number of hydrogen-bond acceptors (Lipinski definition) is 3. The number of carbonyl (C=O) groups excluding carboxylic acids is 1. The van der Waals surface area contributed by atoms with E-state index < -0.39 is 0 Å². The molecule has 0 bridgehead atoms. The number of ether oxygens (including phenoxy) is 1. The lowest BCUT2D eigenvalue weighted by molar-refractivity contribution is -0.109. The summed E-state index contributed by atoms with van der Waals surface area (Å²) in [6.45, 7) is 4.79. The van der Waals surface area contributed by atoms with Gasteiger partial charge < -0.3 is 14.2 Å². The summed E-state index contributed by atoms with van der Waals surface area (Å²) < 4.78 is 7.72. The van der Waals surface area contributed by atoms with Crippen LogP contribution >= 0.6 is 0 Å². The van der Waals surface area contributed by atoms with Crippen molar-refractivity contribution in [3.05, 3.63) is 53.5 Å². The van der Waals surface area contributed by atoms with Crippen molar-refractivity contribution in [2.24, 2.45) is 5.41 Å². The second-order valence-corrected chi connectivity index (χ2v) is 9.70. The summed E-state index contributed by atoms with van der Waals surface area (Å²) in [6.07, 6.45) is 9.19. The maximum Gasteiger partial charge on any atom is 0.255 e. The molecule has 1 atom stereocenters. The molecule has 1 saturated heterocycles. The highest BCUT2D eigenvalue weighted by Gasteiger charge is 2.40. The predicted octanol–water partition coefficient (Wildman–Crippen LogP) is 3.56. The summed E-state index contributed by atoms with van der Waals surface area (Å²) in [4.78, 5) is 16.0. The first kappa shape index (κ1) is 18.2. The van der Waals surface area contributed by atoms with Gasteiger partial charge in [-0.3, -0.25) is 9.89 Å². The van der Waals surface area contributed by atoms with Crippen molar-refractivity contribution in [1.29, 1.82) is 0 Å². The molecule has 1 N–H and O–H groups in total. The standard InChI is InChI=1S/C24H28N4O2/c1-24(14-30-15-24)13-27-10-9-19-20(3-2-4-22(19)27)23(29)28(17-5-6-17)18-7-8-21-16(11-18)12-25-26-21/h2-4,9-10,12,17-18H,5-8,11,13-15H2,1H3,(H,25,26). The highest BCUT2D eigenvalue weighted by Crippen LogP contribution is 2.36. The number of hydrogen-bond donors (Lipinski definition) is 1. The van der Waals surface area contributed by atoms with Crippen LogP contribution in [-0.2, 0) is 24.1 Å². The fraction of sp³-hybridized carbons (Fsp3) is 0.500. The first-order valence-corrected chi connectivity index (χ1v) is 11.1. The molecule has 0 radical (unpaired) electrons. The lowest BCUT2D eigenvalue weighted by Crippen LogP contribution is -2.45. The normalized spacial score (nSPS) is 22.5. The van der Waals surface area contributed by atoms with Crippen molar-refractivity contribution in [3.8, 4) is 0 Å². The van der Waals surface area contributed by atoms with Crippen LogP contribution in [0, 0.1) is 5.41 Å². The van der Waals surface area contributed by atoms with Crippen LogP contribution in [-0.4, -0.2) is 50.9 Å². The van der Waals surface area contributed by atoms with Crippen LogP contribution in [0.15, 0.2) is 36.7 Å². The van der Waals surface area contributed by atoms with Crippen LogP contribution < -0.4 is 0 Å². The third-order valence-corrected chi connectivity index (χ3v) is 7.06. The largest absolute Gasteiger partial charge is 0.380 e. The Morgan fingerprint density at radius 3 is 2.90 bits per heavy atom. The Morgan fingerprint density at radius 2 is 2.13 bits per heavy atom. The number of nitrogens with zero attached hydrogens (tertiary/aromatic N) is 3. The Hall–Kier alpha value is -2.60. The molecule has 6 nitrogen and oxygen atoms in total. The Bertz CT molecular complexity index is 1110. The van der Waals surface area contributed by atoms with Gasteiger partial charge in [-0.05, 0) is 55.9 Å². The zero-order valence-corrected chi connectivity index (χ0v) is 17.4. The minimum atomic E-state index is 0.191. The zero-order valence-electron chi connectivity index (χ0n) is 17.4. The molecule has 2 aliphatic carbocycles. The van der Waals surface area contributed by atoms with E-state index in [1.165, 1.54) is 11.3 Å². The molecular formula is C24H28N4O2. The number of aromatic amines is 1. The van der Waals surface area contributed by atoms with Gasteiger partial charge in [0.2, 0.25) is 0 Å². The lowest BCUT2D eigenvalue weighted by atomic mass is 9.88. The zero-order chi connectivity index (χ0) is 20.3. The van der Waals surface area contributed by atoms with Gasteiger partial charge in [0.25, 0.3) is 5.91 Å². The molecule has 3 heterocycles. The second kappa shape index (κ2) is 6.71. The number of fused-ring (bicyclic) bond motifs is 2. The summed E-state index contributed by atoms with van der Waals surface area (Å²) in [5.74, 6) is 0.191. The fourth-order valence-electron chi connectivity index (χ4n) is 5.26. The number of benzene rings is 1. The van der Waals surface area contributed by atoms with E-state index >= 15 is 0 Å². The lowest BCUT2D eigenvalue weighted by Gasteiger charge is -2.38. The topological polar surface area (TPSA) is 63.2 Å². The van der Waals surface area contributed by atoms with Gasteiger partial charge in [-0.25, -0.2) is 0 Å². The van der Waals surface area contributed by atoms with Crippen LogP contribution in [0.1, 0.15) is 47.8 Å². The SMILES string of the molecule is CC1(Cn2ccc3c(C(=O)N(C4CC4)C4CCc5[nH]ncc5C4)cccc32)COC1. The summed E-state index contributed by atoms with van der Waals surface area (Å²) in [6, 6.07) is 8.94. The van der Waals surface area contributed by atoms with Gasteiger partial charge in [-0.15, -0.1) is 0 Å². The second-order valence-electron chi connectivity index (χ2n) is 9.70. The van der Waals surface area contributed by atoms with Gasteiger partial charge in [0.1, 0.15) is 0 Å². The Morgan fingerprint density at radius 1 is 1.27 bits per heavy atom. The molecule has 2 fully saturated rings.